The lowest BCUT2D eigenvalue weighted by molar-refractivity contribution is 0.192. The monoisotopic (exact) mass is 439 g/mol. The third-order valence-corrected chi connectivity index (χ3v) is 5.86. The van der Waals surface area contributed by atoms with Crippen molar-refractivity contribution in [2.24, 2.45) is 0 Å². The Morgan fingerprint density at radius 2 is 1.83 bits per heavy atom. The van der Waals surface area contributed by atoms with Crippen LogP contribution in [0, 0.1) is 12.7 Å². The number of hydrogen-bond acceptors (Lipinski definition) is 5. The Labute approximate surface area is 176 Å². The molecule has 9 nitrogen and oxygen atoms in total. The molecule has 0 spiro atoms. The normalized spacial score (nSPS) is 12.7. The van der Waals surface area contributed by atoms with E-state index in [0.29, 0.717) is 5.69 Å². The van der Waals surface area contributed by atoms with Gasteiger partial charge in [-0.1, -0.05) is 0 Å². The quantitative estimate of drug-likeness (QED) is 0.658. The fourth-order valence-electron chi connectivity index (χ4n) is 2.54. The average molecular weight is 440 g/mol. The molecule has 2 aromatic rings. The third kappa shape index (κ3) is 6.65. The van der Waals surface area contributed by atoms with Crippen molar-refractivity contribution in [2.75, 3.05) is 38.3 Å². The van der Waals surface area contributed by atoms with E-state index in [9.17, 15) is 17.6 Å². The van der Waals surface area contributed by atoms with Gasteiger partial charge in [-0.25, -0.2) is 9.18 Å². The van der Waals surface area contributed by atoms with E-state index in [4.69, 9.17) is 4.74 Å². The van der Waals surface area contributed by atoms with Crippen LogP contribution >= 0.6 is 0 Å². The zero-order chi connectivity index (χ0) is 22.5. The van der Waals surface area contributed by atoms with Gasteiger partial charge in [0, 0.05) is 44.7 Å². The van der Waals surface area contributed by atoms with Crippen LogP contribution in [0.3, 0.4) is 0 Å². The molecule has 2 amide bonds. The van der Waals surface area contributed by atoms with E-state index in [1.54, 1.807) is 19.1 Å². The number of carbonyl (C=O) groups excluding carboxylic acids is 1. The maximum absolute atomic E-state index is 14.0. The minimum atomic E-state index is -3.59. The SMILES string of the molecule is Cc1ccc(NC(=O)Nc2cc(F)cc(O[C@@H](C)CN(C)S(=O)(=O)N(C)C)c2)cn1. The molecule has 164 valence electrons. The zero-order valence-electron chi connectivity index (χ0n) is 17.5. The highest BCUT2D eigenvalue weighted by atomic mass is 32.2. The summed E-state index contributed by atoms with van der Waals surface area (Å²) in [6, 6.07) is 6.63. The number of ether oxygens (including phenoxy) is 1. The van der Waals surface area contributed by atoms with Gasteiger partial charge in [0.25, 0.3) is 10.2 Å². The number of nitrogens with zero attached hydrogens (tertiary/aromatic N) is 3. The molecule has 0 saturated carbocycles. The second kappa shape index (κ2) is 9.83. The predicted molar refractivity (Wildman–Crippen MR) is 113 cm³/mol. The van der Waals surface area contributed by atoms with Crippen molar-refractivity contribution in [1.82, 2.24) is 13.6 Å². The molecule has 1 atom stereocenters. The Balaban J connectivity index is 2.02. The van der Waals surface area contributed by atoms with Gasteiger partial charge in [0.2, 0.25) is 0 Å². The lowest BCUT2D eigenvalue weighted by atomic mass is 10.3. The lowest BCUT2D eigenvalue weighted by Gasteiger charge is -2.24. The summed E-state index contributed by atoms with van der Waals surface area (Å²) in [5, 5.41) is 5.13. The van der Waals surface area contributed by atoms with Crippen LogP contribution < -0.4 is 15.4 Å². The number of aromatic nitrogens is 1. The van der Waals surface area contributed by atoms with Crippen molar-refractivity contribution >= 4 is 27.6 Å². The van der Waals surface area contributed by atoms with Crippen molar-refractivity contribution < 1.29 is 22.3 Å². The first-order valence-corrected chi connectivity index (χ1v) is 10.5. The standard InChI is InChI=1S/C19H26FN5O4S/c1-13-6-7-16(11-21-13)22-19(26)23-17-8-15(20)9-18(10-17)29-14(2)12-25(5)30(27,28)24(3)4/h6-11,14H,12H2,1-5H3,(H2,22,23,26)/t14-/m0/s1. The smallest absolute Gasteiger partial charge is 0.323 e. The summed E-state index contributed by atoms with van der Waals surface area (Å²) < 4.78 is 46.0. The minimum Gasteiger partial charge on any atom is -0.489 e. The Bertz CT molecular complexity index is 983. The number of amides is 2. The van der Waals surface area contributed by atoms with Crippen LogP contribution in [-0.4, -0.2) is 61.8 Å². The summed E-state index contributed by atoms with van der Waals surface area (Å²) in [4.78, 5) is 16.2. The number of urea groups is 1. The van der Waals surface area contributed by atoms with Gasteiger partial charge in [-0.15, -0.1) is 0 Å². The first-order chi connectivity index (χ1) is 14.0. The molecule has 0 radical (unpaired) electrons. The maximum atomic E-state index is 14.0. The van der Waals surface area contributed by atoms with Gasteiger partial charge in [-0.3, -0.25) is 4.98 Å². The van der Waals surface area contributed by atoms with Crippen LogP contribution in [0.4, 0.5) is 20.6 Å². The number of pyridine rings is 1. The molecule has 30 heavy (non-hydrogen) atoms. The summed E-state index contributed by atoms with van der Waals surface area (Å²) in [6.07, 6.45) is 0.946. The predicted octanol–water partition coefficient (Wildman–Crippen LogP) is 2.68. The first kappa shape index (κ1) is 23.5. The van der Waals surface area contributed by atoms with Crippen LogP contribution in [-0.2, 0) is 10.2 Å². The number of hydrogen-bond donors (Lipinski definition) is 2. The summed E-state index contributed by atoms with van der Waals surface area (Å²) in [5.41, 5.74) is 1.49. The number of halogens is 1. The number of rotatable bonds is 8. The molecular formula is C19H26FN5O4S. The first-order valence-electron chi connectivity index (χ1n) is 9.09. The molecule has 1 heterocycles. The average Bonchev–Trinajstić information content (AvgIpc) is 2.62. The number of benzene rings is 1. The molecule has 2 rings (SSSR count). The third-order valence-electron chi connectivity index (χ3n) is 4.01. The number of carbonyl (C=O) groups is 1. The van der Waals surface area contributed by atoms with E-state index in [2.05, 4.69) is 15.6 Å². The molecule has 1 aromatic carbocycles. The Kier molecular flexibility index (Phi) is 7.71. The van der Waals surface area contributed by atoms with Gasteiger partial charge < -0.3 is 15.4 Å². The van der Waals surface area contributed by atoms with Gasteiger partial charge in [-0.05, 0) is 32.0 Å². The lowest BCUT2D eigenvalue weighted by Crippen LogP contribution is -2.41. The highest BCUT2D eigenvalue weighted by molar-refractivity contribution is 7.86. The van der Waals surface area contributed by atoms with Crippen LogP contribution in [0.15, 0.2) is 36.5 Å². The highest BCUT2D eigenvalue weighted by Gasteiger charge is 2.23. The van der Waals surface area contributed by atoms with Crippen molar-refractivity contribution in [3.63, 3.8) is 0 Å². The molecule has 0 fully saturated rings. The second-order valence-electron chi connectivity index (χ2n) is 6.94. The van der Waals surface area contributed by atoms with Gasteiger partial charge in [0.05, 0.1) is 18.4 Å². The fourth-order valence-corrected chi connectivity index (χ4v) is 3.50. The van der Waals surface area contributed by atoms with Crippen molar-refractivity contribution in [2.45, 2.75) is 20.0 Å². The molecule has 0 aliphatic heterocycles. The van der Waals surface area contributed by atoms with Crippen LogP contribution in [0.1, 0.15) is 12.6 Å². The number of anilines is 2. The fraction of sp³-hybridized carbons (Fsp3) is 0.368. The van der Waals surface area contributed by atoms with Gasteiger partial charge in [-0.2, -0.15) is 17.0 Å². The Hall–Kier alpha value is -2.76. The molecule has 1 aromatic heterocycles. The van der Waals surface area contributed by atoms with E-state index >= 15 is 0 Å². The van der Waals surface area contributed by atoms with Crippen LogP contribution in [0.2, 0.25) is 0 Å². The molecule has 11 heteroatoms. The molecule has 0 unspecified atom stereocenters. The zero-order valence-corrected chi connectivity index (χ0v) is 18.3. The van der Waals surface area contributed by atoms with E-state index in [1.807, 2.05) is 6.92 Å². The summed E-state index contributed by atoms with van der Waals surface area (Å²) in [6.45, 7) is 3.55. The summed E-state index contributed by atoms with van der Waals surface area (Å²) in [5.74, 6) is -0.452. The van der Waals surface area contributed by atoms with Crippen molar-refractivity contribution in [3.8, 4) is 5.75 Å². The summed E-state index contributed by atoms with van der Waals surface area (Å²) >= 11 is 0. The number of likely N-dealkylation sites (N-methyl/N-ethyl adjacent to an activating group) is 1. The van der Waals surface area contributed by atoms with Gasteiger partial charge in [0.15, 0.2) is 0 Å². The molecule has 0 aliphatic carbocycles. The van der Waals surface area contributed by atoms with E-state index < -0.39 is 28.2 Å². The maximum Gasteiger partial charge on any atom is 0.323 e. The van der Waals surface area contributed by atoms with E-state index in [-0.39, 0.29) is 18.0 Å². The second-order valence-corrected chi connectivity index (χ2v) is 9.19. The van der Waals surface area contributed by atoms with Gasteiger partial charge in [0.1, 0.15) is 17.7 Å². The summed E-state index contributed by atoms with van der Waals surface area (Å²) in [7, 11) is 0.702. The van der Waals surface area contributed by atoms with Crippen molar-refractivity contribution in [1.29, 1.82) is 0 Å². The van der Waals surface area contributed by atoms with Crippen molar-refractivity contribution in [3.05, 3.63) is 48.0 Å². The molecule has 2 N–H and O–H groups in total. The van der Waals surface area contributed by atoms with E-state index in [0.717, 1.165) is 26.4 Å². The largest absolute Gasteiger partial charge is 0.489 e. The number of nitrogens with one attached hydrogen (secondary N) is 2. The molecule has 0 saturated heterocycles. The van der Waals surface area contributed by atoms with Crippen LogP contribution in [0.5, 0.6) is 5.75 Å². The minimum absolute atomic E-state index is 0.0562. The highest BCUT2D eigenvalue weighted by Crippen LogP contribution is 2.22. The number of aryl methyl sites for hydroxylation is 1. The molecule has 0 bridgehead atoms. The molecular weight excluding hydrogens is 413 g/mol. The van der Waals surface area contributed by atoms with E-state index in [1.165, 1.54) is 33.4 Å². The van der Waals surface area contributed by atoms with Gasteiger partial charge >= 0.3 is 6.03 Å². The molecule has 0 aliphatic rings. The topological polar surface area (TPSA) is 104 Å². The Morgan fingerprint density at radius 3 is 2.43 bits per heavy atom. The Morgan fingerprint density at radius 1 is 1.17 bits per heavy atom. The van der Waals surface area contributed by atoms with Crippen LogP contribution in [0.25, 0.3) is 0 Å².